The minimum atomic E-state index is 0.603. The Kier molecular flexibility index (Phi) is 1.84. The first kappa shape index (κ1) is 9.00. The Morgan fingerprint density at radius 1 is 1.29 bits per heavy atom. The second-order valence-electron chi connectivity index (χ2n) is 6.11. The van der Waals surface area contributed by atoms with Crippen molar-refractivity contribution in [3.8, 4) is 0 Å². The van der Waals surface area contributed by atoms with E-state index in [-0.39, 0.29) is 0 Å². The number of hydrogen-bond donors (Lipinski definition) is 0. The molecule has 0 aromatic heterocycles. The van der Waals surface area contributed by atoms with Crippen molar-refractivity contribution >= 4 is 0 Å². The lowest BCUT2D eigenvalue weighted by atomic mass is 9.62. The number of hydrogen-bond acceptors (Lipinski definition) is 0. The molecule has 0 N–H and O–H groups in total. The van der Waals surface area contributed by atoms with Crippen LogP contribution in [0.1, 0.15) is 52.4 Å². The van der Waals surface area contributed by atoms with Gasteiger partial charge in [-0.3, -0.25) is 0 Å². The lowest BCUT2D eigenvalue weighted by molar-refractivity contribution is 0.113. The number of allylic oxidation sites excluding steroid dienone is 2. The highest BCUT2D eigenvalue weighted by molar-refractivity contribution is 5.24. The molecule has 3 aliphatic rings. The van der Waals surface area contributed by atoms with Crippen LogP contribution in [0, 0.1) is 23.2 Å². The Labute approximate surface area is 87.8 Å². The second-order valence-corrected chi connectivity index (χ2v) is 6.11. The maximum Gasteiger partial charge on any atom is -0.00850 e. The van der Waals surface area contributed by atoms with Crippen molar-refractivity contribution in [2.75, 3.05) is 0 Å². The quantitative estimate of drug-likeness (QED) is 0.503. The Morgan fingerprint density at radius 2 is 2.14 bits per heavy atom. The highest BCUT2D eigenvalue weighted by Crippen LogP contribution is 2.58. The lowest BCUT2D eigenvalue weighted by Gasteiger charge is -2.42. The van der Waals surface area contributed by atoms with Crippen LogP contribution in [0.3, 0.4) is 0 Å². The fourth-order valence-corrected chi connectivity index (χ4v) is 4.38. The van der Waals surface area contributed by atoms with Crippen LogP contribution >= 0.6 is 0 Å². The summed E-state index contributed by atoms with van der Waals surface area (Å²) in [6.45, 7) is 4.92. The predicted octanol–water partition coefficient (Wildman–Crippen LogP) is 4.17. The van der Waals surface area contributed by atoms with E-state index in [1.807, 2.05) is 0 Å². The largest absolute Gasteiger partial charge is 0.0816 e. The second kappa shape index (κ2) is 2.87. The molecule has 0 nitrogen and oxygen atoms in total. The van der Waals surface area contributed by atoms with Crippen molar-refractivity contribution in [1.82, 2.24) is 0 Å². The molecule has 2 saturated carbocycles. The van der Waals surface area contributed by atoms with Gasteiger partial charge in [0.25, 0.3) is 0 Å². The van der Waals surface area contributed by atoms with Crippen molar-refractivity contribution in [3.63, 3.8) is 0 Å². The zero-order valence-corrected chi connectivity index (χ0v) is 9.55. The smallest absolute Gasteiger partial charge is 0.00850 e. The molecule has 0 aromatic carbocycles. The average molecular weight is 190 g/mol. The fraction of sp³-hybridized carbons (Fsp3) is 0.857. The topological polar surface area (TPSA) is 0 Å². The van der Waals surface area contributed by atoms with E-state index in [0.717, 1.165) is 17.8 Å². The van der Waals surface area contributed by atoms with Gasteiger partial charge in [0.05, 0.1) is 0 Å². The molecule has 2 bridgehead atoms. The standard InChI is InChI=1S/C14H22/c1-10-8-12-5-3-4-11-6-7-14(10,2)13(12)9-11/h8,11-13H,3-7,9H2,1-2H3/t11-,12+,13-,14-/m0/s1. The number of rotatable bonds is 0. The third-order valence-electron chi connectivity index (χ3n) is 5.51. The van der Waals surface area contributed by atoms with Crippen molar-refractivity contribution in [2.45, 2.75) is 52.4 Å². The van der Waals surface area contributed by atoms with Gasteiger partial charge in [-0.1, -0.05) is 31.4 Å². The van der Waals surface area contributed by atoms with Crippen LogP contribution in [0.4, 0.5) is 0 Å². The maximum atomic E-state index is 2.62. The zero-order valence-electron chi connectivity index (χ0n) is 9.55. The molecular weight excluding hydrogens is 168 g/mol. The maximum absolute atomic E-state index is 2.62. The summed E-state index contributed by atoms with van der Waals surface area (Å²) >= 11 is 0. The monoisotopic (exact) mass is 190 g/mol. The van der Waals surface area contributed by atoms with Gasteiger partial charge in [0, 0.05) is 0 Å². The Bertz CT molecular complexity index is 276. The van der Waals surface area contributed by atoms with Crippen LogP contribution in [-0.2, 0) is 0 Å². The zero-order chi connectivity index (χ0) is 9.76. The first-order valence-electron chi connectivity index (χ1n) is 6.39. The summed E-state index contributed by atoms with van der Waals surface area (Å²) in [7, 11) is 0. The molecule has 3 aliphatic carbocycles. The molecular formula is C14H22. The van der Waals surface area contributed by atoms with Crippen LogP contribution in [0.25, 0.3) is 0 Å². The summed E-state index contributed by atoms with van der Waals surface area (Å²) in [5, 5.41) is 0. The van der Waals surface area contributed by atoms with E-state index in [0.29, 0.717) is 5.41 Å². The van der Waals surface area contributed by atoms with Crippen molar-refractivity contribution in [2.24, 2.45) is 23.2 Å². The van der Waals surface area contributed by atoms with Gasteiger partial charge in [0.2, 0.25) is 0 Å². The average Bonchev–Trinajstić information content (AvgIpc) is 2.35. The van der Waals surface area contributed by atoms with E-state index >= 15 is 0 Å². The molecule has 0 aromatic rings. The third-order valence-corrected chi connectivity index (χ3v) is 5.51. The van der Waals surface area contributed by atoms with Gasteiger partial charge in [-0.15, -0.1) is 0 Å². The van der Waals surface area contributed by atoms with E-state index < -0.39 is 0 Å². The van der Waals surface area contributed by atoms with Crippen LogP contribution < -0.4 is 0 Å². The van der Waals surface area contributed by atoms with Gasteiger partial charge in [-0.25, -0.2) is 0 Å². The van der Waals surface area contributed by atoms with Gasteiger partial charge >= 0.3 is 0 Å². The molecule has 0 aliphatic heterocycles. The first-order valence-corrected chi connectivity index (χ1v) is 6.39. The van der Waals surface area contributed by atoms with Gasteiger partial charge < -0.3 is 0 Å². The van der Waals surface area contributed by atoms with E-state index in [1.54, 1.807) is 5.57 Å². The minimum absolute atomic E-state index is 0.603. The van der Waals surface area contributed by atoms with Crippen molar-refractivity contribution in [1.29, 1.82) is 0 Å². The molecule has 0 heteroatoms. The molecule has 14 heavy (non-hydrogen) atoms. The molecule has 2 fully saturated rings. The van der Waals surface area contributed by atoms with Crippen LogP contribution in [0.2, 0.25) is 0 Å². The highest BCUT2D eigenvalue weighted by Gasteiger charge is 2.48. The summed E-state index contributed by atoms with van der Waals surface area (Å²) in [5.41, 5.74) is 2.32. The summed E-state index contributed by atoms with van der Waals surface area (Å²) < 4.78 is 0. The molecule has 0 heterocycles. The molecule has 3 rings (SSSR count). The SMILES string of the molecule is CC1=C[C@H]2CCC[C@H]3CC[C@]1(C)[C@H]2C3. The fourth-order valence-electron chi connectivity index (χ4n) is 4.38. The Hall–Kier alpha value is -0.260. The lowest BCUT2D eigenvalue weighted by Crippen LogP contribution is -2.33. The van der Waals surface area contributed by atoms with Crippen LogP contribution in [0.5, 0.6) is 0 Å². The number of fused-ring (bicyclic) bond motifs is 1. The predicted molar refractivity (Wildman–Crippen MR) is 60.0 cm³/mol. The molecule has 78 valence electrons. The van der Waals surface area contributed by atoms with Gasteiger partial charge in [-0.2, -0.15) is 0 Å². The Morgan fingerprint density at radius 3 is 3.00 bits per heavy atom. The van der Waals surface area contributed by atoms with Crippen molar-refractivity contribution < 1.29 is 0 Å². The molecule has 0 saturated heterocycles. The summed E-state index contributed by atoms with van der Waals surface area (Å²) in [6, 6.07) is 0. The van der Waals surface area contributed by atoms with E-state index in [4.69, 9.17) is 0 Å². The van der Waals surface area contributed by atoms with Crippen molar-refractivity contribution in [3.05, 3.63) is 11.6 Å². The molecule has 0 radical (unpaired) electrons. The molecule has 4 atom stereocenters. The van der Waals surface area contributed by atoms with Crippen LogP contribution in [-0.4, -0.2) is 0 Å². The van der Waals surface area contributed by atoms with E-state index in [9.17, 15) is 0 Å². The summed E-state index contributed by atoms with van der Waals surface area (Å²) in [5.74, 6) is 3.05. The first-order chi connectivity index (χ1) is 6.70. The normalized spacial score (nSPS) is 51.3. The summed E-state index contributed by atoms with van der Waals surface area (Å²) in [6.07, 6.45) is 11.6. The van der Waals surface area contributed by atoms with Gasteiger partial charge in [0.1, 0.15) is 0 Å². The third kappa shape index (κ3) is 1.06. The van der Waals surface area contributed by atoms with Gasteiger partial charge in [-0.05, 0) is 55.8 Å². The Balaban J connectivity index is 1.99. The minimum Gasteiger partial charge on any atom is -0.0816 e. The molecule has 0 unspecified atom stereocenters. The highest BCUT2D eigenvalue weighted by atomic mass is 14.5. The molecule has 0 amide bonds. The summed E-state index contributed by atoms with van der Waals surface area (Å²) in [4.78, 5) is 0. The van der Waals surface area contributed by atoms with Gasteiger partial charge in [0.15, 0.2) is 0 Å². The van der Waals surface area contributed by atoms with E-state index in [2.05, 4.69) is 19.9 Å². The van der Waals surface area contributed by atoms with E-state index in [1.165, 1.54) is 38.5 Å². The molecule has 0 spiro atoms. The van der Waals surface area contributed by atoms with Crippen LogP contribution in [0.15, 0.2) is 11.6 Å².